The first-order valence-electron chi connectivity index (χ1n) is 20.5. The minimum atomic E-state index is -0.0944. The molecule has 280 valence electrons. The summed E-state index contributed by atoms with van der Waals surface area (Å²) in [5.41, 5.74) is 19.4. The standard InChI is InChI=1S/C57H42N2/c1-57(2)50-29-12-9-25-48(50)55-47(28-16-30-51(55)57)46-24-10-13-31-52(46)58(43-36-34-40(35-37-43)39-18-5-3-6-19-39)44-23-15-20-41(38-44)45-27-17-33-54-56(45)49-26-11-14-32-53(49)59(54)42-21-7-4-8-22-42/h3-38H,1-2H3. The number of fused-ring (bicyclic) bond motifs is 6. The average molecular weight is 755 g/mol. The molecule has 2 heteroatoms. The van der Waals surface area contributed by atoms with Crippen LogP contribution in [0.1, 0.15) is 25.0 Å². The van der Waals surface area contributed by atoms with Crippen molar-refractivity contribution in [1.29, 1.82) is 0 Å². The lowest BCUT2D eigenvalue weighted by Crippen LogP contribution is -2.14. The number of hydrogen-bond donors (Lipinski definition) is 0. The maximum atomic E-state index is 2.45. The van der Waals surface area contributed by atoms with E-state index < -0.39 is 0 Å². The summed E-state index contributed by atoms with van der Waals surface area (Å²) in [7, 11) is 0. The second-order valence-corrected chi connectivity index (χ2v) is 16.1. The van der Waals surface area contributed by atoms with Gasteiger partial charge in [-0.2, -0.15) is 0 Å². The molecule has 0 unspecified atom stereocenters. The Labute approximate surface area is 345 Å². The highest BCUT2D eigenvalue weighted by Gasteiger charge is 2.37. The van der Waals surface area contributed by atoms with Crippen molar-refractivity contribution in [3.8, 4) is 50.2 Å². The molecule has 2 nitrogen and oxygen atoms in total. The SMILES string of the molecule is CC1(C)c2ccccc2-c2c(-c3ccccc3N(c3ccc(-c4ccccc4)cc3)c3cccc(-c4cccc5c4c4ccccc4n5-c4ccccc4)c3)cccc21. The molecular weight excluding hydrogens is 713 g/mol. The molecule has 0 saturated carbocycles. The Morgan fingerprint density at radius 3 is 1.80 bits per heavy atom. The lowest BCUT2D eigenvalue weighted by Gasteiger charge is -2.29. The van der Waals surface area contributed by atoms with Gasteiger partial charge in [-0.15, -0.1) is 0 Å². The molecule has 0 radical (unpaired) electrons. The Balaban J connectivity index is 1.13. The normalized spacial score (nSPS) is 12.7. The first-order chi connectivity index (χ1) is 29.1. The highest BCUT2D eigenvalue weighted by molar-refractivity contribution is 6.16. The number of nitrogens with zero attached hydrogens (tertiary/aromatic N) is 2. The largest absolute Gasteiger partial charge is 0.310 e. The third-order valence-electron chi connectivity index (χ3n) is 12.4. The number of anilines is 3. The fourth-order valence-electron chi connectivity index (χ4n) is 9.66. The third-order valence-corrected chi connectivity index (χ3v) is 12.4. The van der Waals surface area contributed by atoms with Crippen LogP contribution in [-0.4, -0.2) is 4.57 Å². The minimum absolute atomic E-state index is 0.0944. The van der Waals surface area contributed by atoms with E-state index >= 15 is 0 Å². The van der Waals surface area contributed by atoms with E-state index in [1.54, 1.807) is 0 Å². The van der Waals surface area contributed by atoms with Crippen LogP contribution in [-0.2, 0) is 5.41 Å². The molecule has 59 heavy (non-hydrogen) atoms. The molecule has 0 atom stereocenters. The van der Waals surface area contributed by atoms with Crippen molar-refractivity contribution in [2.75, 3.05) is 4.90 Å². The van der Waals surface area contributed by atoms with E-state index in [-0.39, 0.29) is 5.41 Å². The number of para-hydroxylation sites is 3. The number of benzene rings is 9. The van der Waals surface area contributed by atoms with Gasteiger partial charge in [0.2, 0.25) is 0 Å². The van der Waals surface area contributed by atoms with Crippen LogP contribution in [0, 0.1) is 0 Å². The predicted octanol–water partition coefficient (Wildman–Crippen LogP) is 15.6. The molecule has 10 aromatic rings. The van der Waals surface area contributed by atoms with Crippen molar-refractivity contribution < 1.29 is 0 Å². The van der Waals surface area contributed by atoms with Gasteiger partial charge in [-0.05, 0) is 105 Å². The molecule has 0 saturated heterocycles. The van der Waals surface area contributed by atoms with Crippen molar-refractivity contribution >= 4 is 38.9 Å². The predicted molar refractivity (Wildman–Crippen MR) is 249 cm³/mol. The highest BCUT2D eigenvalue weighted by Crippen LogP contribution is 2.54. The molecule has 0 fully saturated rings. The lowest BCUT2D eigenvalue weighted by atomic mass is 9.82. The van der Waals surface area contributed by atoms with Crippen LogP contribution in [0.4, 0.5) is 17.1 Å². The van der Waals surface area contributed by atoms with Gasteiger partial charge in [0.05, 0.1) is 16.7 Å². The molecule has 0 bridgehead atoms. The monoisotopic (exact) mass is 754 g/mol. The molecule has 1 aliphatic carbocycles. The lowest BCUT2D eigenvalue weighted by molar-refractivity contribution is 0.660. The Bertz CT molecular complexity index is 3170. The Hall–Kier alpha value is -7.42. The van der Waals surface area contributed by atoms with Crippen molar-refractivity contribution in [2.24, 2.45) is 0 Å². The van der Waals surface area contributed by atoms with Crippen LogP contribution in [0.5, 0.6) is 0 Å². The van der Waals surface area contributed by atoms with E-state index in [4.69, 9.17) is 0 Å². The van der Waals surface area contributed by atoms with E-state index in [2.05, 4.69) is 242 Å². The fraction of sp³-hybridized carbons (Fsp3) is 0.0526. The smallest absolute Gasteiger partial charge is 0.0547 e. The van der Waals surface area contributed by atoms with Gasteiger partial charge < -0.3 is 9.47 Å². The maximum absolute atomic E-state index is 2.45. The molecule has 0 amide bonds. The van der Waals surface area contributed by atoms with Crippen molar-refractivity contribution in [3.05, 3.63) is 230 Å². The van der Waals surface area contributed by atoms with Crippen LogP contribution in [0.15, 0.2) is 218 Å². The van der Waals surface area contributed by atoms with Crippen LogP contribution < -0.4 is 4.90 Å². The summed E-state index contributed by atoms with van der Waals surface area (Å²) in [5.74, 6) is 0. The zero-order chi connectivity index (χ0) is 39.5. The molecular formula is C57H42N2. The minimum Gasteiger partial charge on any atom is -0.310 e. The number of rotatable bonds is 7. The second kappa shape index (κ2) is 13.9. The molecule has 1 aliphatic rings. The quantitative estimate of drug-likeness (QED) is 0.157. The third kappa shape index (κ3) is 5.63. The summed E-state index contributed by atoms with van der Waals surface area (Å²) < 4.78 is 2.40. The molecule has 11 rings (SSSR count). The average Bonchev–Trinajstić information content (AvgIpc) is 3.76. The second-order valence-electron chi connectivity index (χ2n) is 16.1. The topological polar surface area (TPSA) is 8.17 Å². The molecule has 1 heterocycles. The van der Waals surface area contributed by atoms with Gasteiger partial charge in [-0.25, -0.2) is 0 Å². The molecule has 0 N–H and O–H groups in total. The van der Waals surface area contributed by atoms with Crippen LogP contribution in [0.25, 0.3) is 72.0 Å². The molecule has 1 aromatic heterocycles. The van der Waals surface area contributed by atoms with Crippen LogP contribution in [0.2, 0.25) is 0 Å². The van der Waals surface area contributed by atoms with Crippen LogP contribution >= 0.6 is 0 Å². The van der Waals surface area contributed by atoms with Crippen molar-refractivity contribution in [2.45, 2.75) is 19.3 Å². The van der Waals surface area contributed by atoms with Gasteiger partial charge in [0.15, 0.2) is 0 Å². The van der Waals surface area contributed by atoms with Gasteiger partial charge in [-0.1, -0.05) is 178 Å². The van der Waals surface area contributed by atoms with E-state index in [1.165, 1.54) is 77.4 Å². The van der Waals surface area contributed by atoms with Gasteiger partial charge in [0, 0.05) is 38.8 Å². The zero-order valence-electron chi connectivity index (χ0n) is 33.2. The van der Waals surface area contributed by atoms with Crippen LogP contribution in [0.3, 0.4) is 0 Å². The van der Waals surface area contributed by atoms with E-state index in [0.29, 0.717) is 0 Å². The van der Waals surface area contributed by atoms with E-state index in [0.717, 1.165) is 22.7 Å². The maximum Gasteiger partial charge on any atom is 0.0547 e. The molecule has 0 aliphatic heterocycles. The highest BCUT2D eigenvalue weighted by atomic mass is 15.1. The van der Waals surface area contributed by atoms with Gasteiger partial charge in [-0.3, -0.25) is 0 Å². The van der Waals surface area contributed by atoms with E-state index in [9.17, 15) is 0 Å². The van der Waals surface area contributed by atoms with Gasteiger partial charge in [0.1, 0.15) is 0 Å². The van der Waals surface area contributed by atoms with Crippen molar-refractivity contribution in [1.82, 2.24) is 4.57 Å². The number of aromatic nitrogens is 1. The summed E-state index contributed by atoms with van der Waals surface area (Å²) in [6, 6.07) is 79.8. The summed E-state index contributed by atoms with van der Waals surface area (Å²) in [4.78, 5) is 2.45. The Morgan fingerprint density at radius 1 is 0.390 bits per heavy atom. The Kier molecular flexibility index (Phi) is 8.20. The first-order valence-corrected chi connectivity index (χ1v) is 20.5. The molecule has 9 aromatic carbocycles. The molecule has 0 spiro atoms. The summed E-state index contributed by atoms with van der Waals surface area (Å²) in [5, 5.41) is 2.50. The Morgan fingerprint density at radius 2 is 0.966 bits per heavy atom. The summed E-state index contributed by atoms with van der Waals surface area (Å²) in [6.07, 6.45) is 0. The van der Waals surface area contributed by atoms with Crippen molar-refractivity contribution in [3.63, 3.8) is 0 Å². The van der Waals surface area contributed by atoms with Gasteiger partial charge >= 0.3 is 0 Å². The first kappa shape index (κ1) is 34.8. The number of hydrogen-bond acceptors (Lipinski definition) is 1. The summed E-state index contributed by atoms with van der Waals surface area (Å²) in [6.45, 7) is 4.72. The fourth-order valence-corrected chi connectivity index (χ4v) is 9.66. The summed E-state index contributed by atoms with van der Waals surface area (Å²) >= 11 is 0. The van der Waals surface area contributed by atoms with E-state index in [1.807, 2.05) is 0 Å². The van der Waals surface area contributed by atoms with Gasteiger partial charge in [0.25, 0.3) is 0 Å². The zero-order valence-corrected chi connectivity index (χ0v) is 33.2.